The van der Waals surface area contributed by atoms with Crippen molar-refractivity contribution in [3.63, 3.8) is 0 Å². The molecule has 0 saturated heterocycles. The summed E-state index contributed by atoms with van der Waals surface area (Å²) >= 11 is 0. The molecule has 0 aromatic rings. The number of carbonyl (C=O) groups is 2. The molecule has 0 aliphatic heterocycles. The molecule has 0 unspecified atom stereocenters. The second kappa shape index (κ2) is 3.75. The number of carboxylic acids is 1. The third kappa shape index (κ3) is 2.41. The number of rotatable bonds is 3. The van der Waals surface area contributed by atoms with Gasteiger partial charge < -0.3 is 10.8 Å². The van der Waals surface area contributed by atoms with Gasteiger partial charge in [0.2, 0.25) is 5.91 Å². The summed E-state index contributed by atoms with van der Waals surface area (Å²) in [5.41, 5.74) is 5.13. The fourth-order valence-electron chi connectivity index (χ4n) is 0.753. The van der Waals surface area contributed by atoms with Gasteiger partial charge in [0.25, 0.3) is 0 Å². The highest BCUT2D eigenvalue weighted by atomic mass is 16.4. The SMILES string of the molecule is CC/C(C(N)=O)=C(/C)C(=O)O. The normalized spacial score (nSPS) is 12.2. The Morgan fingerprint density at radius 1 is 1.45 bits per heavy atom. The first kappa shape index (κ1) is 9.68. The van der Waals surface area contributed by atoms with E-state index in [1.807, 2.05) is 0 Å². The van der Waals surface area contributed by atoms with E-state index in [9.17, 15) is 9.59 Å². The number of carboxylic acid groups (broad SMARTS) is 1. The standard InChI is InChI=1S/C7H11NO3/c1-3-5(6(8)9)4(2)7(10)11/h3H2,1-2H3,(H2,8,9)(H,10,11)/b5-4+. The Kier molecular flexibility index (Phi) is 3.30. The number of primary amides is 1. The molecule has 4 nitrogen and oxygen atoms in total. The van der Waals surface area contributed by atoms with Crippen LogP contribution >= 0.6 is 0 Å². The van der Waals surface area contributed by atoms with Crippen LogP contribution in [0.4, 0.5) is 0 Å². The minimum atomic E-state index is -1.10. The van der Waals surface area contributed by atoms with E-state index in [1.54, 1.807) is 6.92 Å². The molecule has 11 heavy (non-hydrogen) atoms. The summed E-state index contributed by atoms with van der Waals surface area (Å²) in [6.45, 7) is 3.05. The predicted molar refractivity (Wildman–Crippen MR) is 39.8 cm³/mol. The highest BCUT2D eigenvalue weighted by Gasteiger charge is 2.11. The van der Waals surface area contributed by atoms with Crippen molar-refractivity contribution in [3.05, 3.63) is 11.1 Å². The molecule has 0 spiro atoms. The molecule has 0 aliphatic rings. The molecule has 0 aromatic carbocycles. The topological polar surface area (TPSA) is 80.4 Å². The maximum Gasteiger partial charge on any atom is 0.331 e. The van der Waals surface area contributed by atoms with Crippen LogP contribution in [0.1, 0.15) is 20.3 Å². The average Bonchev–Trinajstić information content (AvgIpc) is 1.88. The van der Waals surface area contributed by atoms with E-state index < -0.39 is 11.9 Å². The van der Waals surface area contributed by atoms with Crippen molar-refractivity contribution in [2.45, 2.75) is 20.3 Å². The van der Waals surface area contributed by atoms with Gasteiger partial charge in [0.1, 0.15) is 0 Å². The number of carbonyl (C=O) groups excluding carboxylic acids is 1. The Morgan fingerprint density at radius 3 is 2.00 bits per heavy atom. The summed E-state index contributed by atoms with van der Waals surface area (Å²) in [5, 5.41) is 8.47. The van der Waals surface area contributed by atoms with Gasteiger partial charge >= 0.3 is 5.97 Å². The van der Waals surface area contributed by atoms with Gasteiger partial charge in [-0.3, -0.25) is 4.79 Å². The Bertz CT molecular complexity index is 218. The molecule has 0 saturated carbocycles. The van der Waals surface area contributed by atoms with Gasteiger partial charge in [0.05, 0.1) is 0 Å². The fraction of sp³-hybridized carbons (Fsp3) is 0.429. The molecule has 0 aliphatic carbocycles. The molecular weight excluding hydrogens is 146 g/mol. The number of amides is 1. The minimum Gasteiger partial charge on any atom is -0.478 e. The molecule has 0 fully saturated rings. The number of hydrogen-bond donors (Lipinski definition) is 2. The first-order chi connectivity index (χ1) is 5.00. The van der Waals surface area contributed by atoms with Gasteiger partial charge in [0.15, 0.2) is 0 Å². The van der Waals surface area contributed by atoms with E-state index in [0.717, 1.165) is 0 Å². The molecule has 4 heteroatoms. The van der Waals surface area contributed by atoms with Crippen LogP contribution in [0, 0.1) is 0 Å². The fourth-order valence-corrected chi connectivity index (χ4v) is 0.753. The molecular formula is C7H11NO3. The summed E-state index contributed by atoms with van der Waals surface area (Å²) in [6.07, 6.45) is 0.355. The molecule has 0 rings (SSSR count). The van der Waals surface area contributed by atoms with Gasteiger partial charge in [-0.2, -0.15) is 0 Å². The van der Waals surface area contributed by atoms with Crippen LogP contribution in [0.2, 0.25) is 0 Å². The van der Waals surface area contributed by atoms with Gasteiger partial charge in [-0.25, -0.2) is 4.79 Å². The van der Waals surface area contributed by atoms with E-state index in [0.29, 0.717) is 6.42 Å². The van der Waals surface area contributed by atoms with Gasteiger partial charge in [-0.1, -0.05) is 6.92 Å². The summed E-state index contributed by atoms with van der Waals surface area (Å²) in [4.78, 5) is 20.9. The Morgan fingerprint density at radius 2 is 1.91 bits per heavy atom. The monoisotopic (exact) mass is 157 g/mol. The van der Waals surface area contributed by atoms with Crippen molar-refractivity contribution < 1.29 is 14.7 Å². The third-order valence-electron chi connectivity index (χ3n) is 1.42. The van der Waals surface area contributed by atoms with E-state index in [1.165, 1.54) is 6.92 Å². The number of hydrogen-bond acceptors (Lipinski definition) is 2. The van der Waals surface area contributed by atoms with E-state index in [4.69, 9.17) is 10.8 Å². The quantitative estimate of drug-likeness (QED) is 0.577. The molecule has 0 aromatic heterocycles. The van der Waals surface area contributed by atoms with E-state index in [-0.39, 0.29) is 11.1 Å². The highest BCUT2D eigenvalue weighted by Crippen LogP contribution is 2.07. The van der Waals surface area contributed by atoms with Crippen LogP contribution in [0.5, 0.6) is 0 Å². The molecule has 3 N–H and O–H groups in total. The third-order valence-corrected chi connectivity index (χ3v) is 1.42. The van der Waals surface area contributed by atoms with Gasteiger partial charge in [-0.15, -0.1) is 0 Å². The first-order valence-electron chi connectivity index (χ1n) is 3.23. The van der Waals surface area contributed by atoms with E-state index >= 15 is 0 Å². The van der Waals surface area contributed by atoms with Crippen molar-refractivity contribution in [1.29, 1.82) is 0 Å². The zero-order valence-electron chi connectivity index (χ0n) is 6.55. The lowest BCUT2D eigenvalue weighted by Gasteiger charge is -2.00. The number of nitrogens with two attached hydrogens (primary N) is 1. The smallest absolute Gasteiger partial charge is 0.331 e. The van der Waals surface area contributed by atoms with Crippen LogP contribution in [-0.2, 0) is 9.59 Å². The van der Waals surface area contributed by atoms with Crippen LogP contribution < -0.4 is 5.73 Å². The molecule has 0 radical (unpaired) electrons. The van der Waals surface area contributed by atoms with Gasteiger partial charge in [-0.05, 0) is 13.3 Å². The highest BCUT2D eigenvalue weighted by molar-refractivity contribution is 6.00. The van der Waals surface area contributed by atoms with Crippen molar-refractivity contribution in [2.24, 2.45) is 5.73 Å². The lowest BCUT2D eigenvalue weighted by Crippen LogP contribution is -2.17. The average molecular weight is 157 g/mol. The summed E-state index contributed by atoms with van der Waals surface area (Å²) in [5.74, 6) is -1.76. The zero-order valence-corrected chi connectivity index (χ0v) is 6.55. The second-order valence-electron chi connectivity index (χ2n) is 2.13. The molecule has 1 amide bonds. The minimum absolute atomic E-state index is 0.0278. The van der Waals surface area contributed by atoms with Crippen LogP contribution in [0.25, 0.3) is 0 Å². The summed E-state index contributed by atoms with van der Waals surface area (Å²) in [6, 6.07) is 0. The second-order valence-corrected chi connectivity index (χ2v) is 2.13. The van der Waals surface area contributed by atoms with Crippen LogP contribution in [-0.4, -0.2) is 17.0 Å². The maximum atomic E-state index is 10.6. The van der Waals surface area contributed by atoms with Crippen molar-refractivity contribution >= 4 is 11.9 Å². The number of aliphatic carboxylic acids is 1. The molecule has 0 heterocycles. The van der Waals surface area contributed by atoms with Crippen LogP contribution in [0.3, 0.4) is 0 Å². The summed E-state index contributed by atoms with van der Waals surface area (Å²) < 4.78 is 0. The zero-order chi connectivity index (χ0) is 9.02. The predicted octanol–water partition coefficient (Wildman–Crippen LogP) is 0.283. The Labute approximate surface area is 64.7 Å². The Hall–Kier alpha value is -1.32. The maximum absolute atomic E-state index is 10.6. The largest absolute Gasteiger partial charge is 0.478 e. The van der Waals surface area contributed by atoms with Crippen molar-refractivity contribution in [1.82, 2.24) is 0 Å². The molecule has 0 bridgehead atoms. The van der Waals surface area contributed by atoms with Crippen molar-refractivity contribution in [2.75, 3.05) is 0 Å². The first-order valence-corrected chi connectivity index (χ1v) is 3.23. The summed E-state index contributed by atoms with van der Waals surface area (Å²) in [7, 11) is 0. The lowest BCUT2D eigenvalue weighted by atomic mass is 10.1. The molecule has 0 atom stereocenters. The molecule has 62 valence electrons. The van der Waals surface area contributed by atoms with Crippen molar-refractivity contribution in [3.8, 4) is 0 Å². The van der Waals surface area contributed by atoms with Crippen LogP contribution in [0.15, 0.2) is 11.1 Å². The van der Waals surface area contributed by atoms with Gasteiger partial charge in [0, 0.05) is 11.1 Å². The van der Waals surface area contributed by atoms with E-state index in [2.05, 4.69) is 0 Å². The lowest BCUT2D eigenvalue weighted by molar-refractivity contribution is -0.133. The Balaban J connectivity index is 4.83.